The summed E-state index contributed by atoms with van der Waals surface area (Å²) < 4.78 is 19.3. The number of benzene rings is 2. The molecule has 1 fully saturated rings. The van der Waals surface area contributed by atoms with Crippen LogP contribution in [0.5, 0.6) is 5.75 Å². The van der Waals surface area contributed by atoms with Crippen LogP contribution in [0, 0.1) is 5.82 Å². The highest BCUT2D eigenvalue weighted by Gasteiger charge is 2.46. The number of aromatic nitrogens is 1. The standard InChI is InChI=1S/C27H25FN2O4/c1-16(2)18-4-6-19(7-5-18)24-23(25(31)20-8-9-22(34-3)21(28)14-20)26(32)27(33)30(24)15-17-10-12-29-13-11-17/h4-14,16,24,31H,15H2,1-3H3/t24-/m0/s1. The molecule has 0 aliphatic carbocycles. The number of hydrogen-bond donors (Lipinski definition) is 1. The van der Waals surface area contributed by atoms with Gasteiger partial charge in [-0.15, -0.1) is 0 Å². The van der Waals surface area contributed by atoms with E-state index in [0.717, 1.165) is 17.2 Å². The Kier molecular flexibility index (Phi) is 6.45. The number of likely N-dealkylation sites (tertiary alicyclic amines) is 1. The van der Waals surface area contributed by atoms with E-state index in [0.29, 0.717) is 11.5 Å². The predicted molar refractivity (Wildman–Crippen MR) is 126 cm³/mol. The van der Waals surface area contributed by atoms with E-state index >= 15 is 0 Å². The number of Topliss-reactive ketones (excluding diaryl/α,β-unsaturated/α-hetero) is 1. The van der Waals surface area contributed by atoms with Gasteiger partial charge in [0.1, 0.15) is 5.76 Å². The van der Waals surface area contributed by atoms with Crippen molar-refractivity contribution >= 4 is 17.4 Å². The fraction of sp³-hybridized carbons (Fsp3) is 0.222. The molecule has 1 aromatic heterocycles. The van der Waals surface area contributed by atoms with Gasteiger partial charge in [0.2, 0.25) is 0 Å². The van der Waals surface area contributed by atoms with Crippen LogP contribution in [-0.4, -0.2) is 33.8 Å². The Bertz CT molecular complexity index is 1250. The van der Waals surface area contributed by atoms with Crippen molar-refractivity contribution in [1.29, 1.82) is 0 Å². The number of halogens is 1. The second-order valence-electron chi connectivity index (χ2n) is 8.45. The second-order valence-corrected chi connectivity index (χ2v) is 8.45. The predicted octanol–water partition coefficient (Wildman–Crippen LogP) is 4.97. The number of ether oxygens (including phenoxy) is 1. The number of carbonyl (C=O) groups is 2. The van der Waals surface area contributed by atoms with Crippen molar-refractivity contribution in [3.05, 3.63) is 101 Å². The van der Waals surface area contributed by atoms with Crippen LogP contribution >= 0.6 is 0 Å². The zero-order valence-electron chi connectivity index (χ0n) is 19.2. The van der Waals surface area contributed by atoms with Crippen LogP contribution in [0.4, 0.5) is 4.39 Å². The van der Waals surface area contributed by atoms with E-state index in [-0.39, 0.29) is 23.4 Å². The molecule has 7 heteroatoms. The topological polar surface area (TPSA) is 79.7 Å². The molecule has 1 saturated heterocycles. The lowest BCUT2D eigenvalue weighted by Crippen LogP contribution is -2.29. The molecule has 1 aliphatic rings. The number of hydrogen-bond acceptors (Lipinski definition) is 5. The Balaban J connectivity index is 1.85. The van der Waals surface area contributed by atoms with Crippen molar-refractivity contribution in [2.24, 2.45) is 0 Å². The molecule has 174 valence electrons. The smallest absolute Gasteiger partial charge is 0.295 e. The summed E-state index contributed by atoms with van der Waals surface area (Å²) in [6.45, 7) is 4.29. The Morgan fingerprint density at radius 1 is 1.09 bits per heavy atom. The minimum absolute atomic E-state index is 0.00973. The molecule has 34 heavy (non-hydrogen) atoms. The van der Waals surface area contributed by atoms with E-state index in [2.05, 4.69) is 18.8 Å². The normalized spacial score (nSPS) is 17.4. The van der Waals surface area contributed by atoms with E-state index in [1.165, 1.54) is 24.1 Å². The molecule has 2 heterocycles. The molecule has 0 unspecified atom stereocenters. The van der Waals surface area contributed by atoms with Crippen LogP contribution in [0.25, 0.3) is 5.76 Å². The summed E-state index contributed by atoms with van der Waals surface area (Å²) in [5.74, 6) is -2.36. The van der Waals surface area contributed by atoms with E-state index in [1.807, 2.05) is 24.3 Å². The Labute approximate surface area is 197 Å². The van der Waals surface area contributed by atoms with Gasteiger partial charge in [0.15, 0.2) is 11.6 Å². The van der Waals surface area contributed by atoms with Crippen LogP contribution in [0.2, 0.25) is 0 Å². The number of aliphatic hydroxyl groups is 1. The van der Waals surface area contributed by atoms with E-state index < -0.39 is 29.3 Å². The monoisotopic (exact) mass is 460 g/mol. The molecular weight excluding hydrogens is 435 g/mol. The number of carbonyl (C=O) groups excluding carboxylic acids is 2. The minimum Gasteiger partial charge on any atom is -0.507 e. The quantitative estimate of drug-likeness (QED) is 0.319. The summed E-state index contributed by atoms with van der Waals surface area (Å²) in [6.07, 6.45) is 3.22. The highest BCUT2D eigenvalue weighted by atomic mass is 19.1. The first-order valence-electron chi connectivity index (χ1n) is 10.9. The van der Waals surface area contributed by atoms with Crippen molar-refractivity contribution in [3.63, 3.8) is 0 Å². The fourth-order valence-electron chi connectivity index (χ4n) is 4.11. The molecule has 3 aromatic rings. The van der Waals surface area contributed by atoms with Crippen LogP contribution < -0.4 is 4.74 Å². The Morgan fingerprint density at radius 2 is 1.76 bits per heavy atom. The van der Waals surface area contributed by atoms with Crippen LogP contribution in [-0.2, 0) is 16.1 Å². The zero-order valence-corrected chi connectivity index (χ0v) is 19.2. The summed E-state index contributed by atoms with van der Waals surface area (Å²) >= 11 is 0. The van der Waals surface area contributed by atoms with Gasteiger partial charge in [0, 0.05) is 24.5 Å². The van der Waals surface area contributed by atoms with Gasteiger partial charge in [-0.05, 0) is 52.9 Å². The molecule has 2 aromatic carbocycles. The first-order valence-corrected chi connectivity index (χ1v) is 10.9. The third kappa shape index (κ3) is 4.29. The first kappa shape index (κ1) is 23.2. The number of rotatable bonds is 6. The lowest BCUT2D eigenvalue weighted by molar-refractivity contribution is -0.140. The average molecular weight is 461 g/mol. The molecule has 6 nitrogen and oxygen atoms in total. The van der Waals surface area contributed by atoms with Crippen molar-refractivity contribution in [3.8, 4) is 5.75 Å². The van der Waals surface area contributed by atoms with Gasteiger partial charge in [-0.25, -0.2) is 4.39 Å². The lowest BCUT2D eigenvalue weighted by Gasteiger charge is -2.25. The molecule has 0 radical (unpaired) electrons. The van der Waals surface area contributed by atoms with Gasteiger partial charge >= 0.3 is 0 Å². The lowest BCUT2D eigenvalue weighted by atomic mass is 9.93. The van der Waals surface area contributed by atoms with Gasteiger partial charge in [-0.1, -0.05) is 38.1 Å². The number of methoxy groups -OCH3 is 1. The minimum atomic E-state index is -0.834. The van der Waals surface area contributed by atoms with Gasteiger partial charge < -0.3 is 14.7 Å². The number of pyridine rings is 1. The van der Waals surface area contributed by atoms with Crippen molar-refractivity contribution in [2.75, 3.05) is 7.11 Å². The third-order valence-corrected chi connectivity index (χ3v) is 5.99. The van der Waals surface area contributed by atoms with Crippen LogP contribution in [0.1, 0.15) is 48.1 Å². The average Bonchev–Trinajstić information content (AvgIpc) is 3.09. The van der Waals surface area contributed by atoms with Gasteiger partial charge in [0.05, 0.1) is 18.7 Å². The molecule has 1 aliphatic heterocycles. The van der Waals surface area contributed by atoms with Gasteiger partial charge in [-0.2, -0.15) is 0 Å². The summed E-state index contributed by atoms with van der Waals surface area (Å²) in [7, 11) is 1.34. The number of aliphatic hydroxyl groups excluding tert-OH is 1. The summed E-state index contributed by atoms with van der Waals surface area (Å²) in [5.41, 5.74) is 2.57. The number of nitrogens with zero attached hydrogens (tertiary/aromatic N) is 2. The van der Waals surface area contributed by atoms with Crippen molar-refractivity contribution < 1.29 is 23.8 Å². The van der Waals surface area contributed by atoms with E-state index in [9.17, 15) is 19.1 Å². The van der Waals surface area contributed by atoms with Crippen LogP contribution in [0.15, 0.2) is 72.6 Å². The molecule has 0 saturated carbocycles. The molecule has 1 N–H and O–H groups in total. The third-order valence-electron chi connectivity index (χ3n) is 5.99. The largest absolute Gasteiger partial charge is 0.507 e. The second kappa shape index (κ2) is 9.47. The summed E-state index contributed by atoms with van der Waals surface area (Å²) in [5, 5.41) is 11.1. The highest BCUT2D eigenvalue weighted by Crippen LogP contribution is 2.41. The van der Waals surface area contributed by atoms with Crippen molar-refractivity contribution in [1.82, 2.24) is 9.88 Å². The molecule has 4 rings (SSSR count). The molecule has 0 spiro atoms. The Morgan fingerprint density at radius 3 is 2.35 bits per heavy atom. The maximum Gasteiger partial charge on any atom is 0.295 e. The van der Waals surface area contributed by atoms with E-state index in [1.54, 1.807) is 24.5 Å². The van der Waals surface area contributed by atoms with Crippen LogP contribution in [0.3, 0.4) is 0 Å². The summed E-state index contributed by atoms with van der Waals surface area (Å²) in [4.78, 5) is 31.7. The molecule has 1 atom stereocenters. The highest BCUT2D eigenvalue weighted by molar-refractivity contribution is 6.46. The first-order chi connectivity index (χ1) is 16.3. The van der Waals surface area contributed by atoms with Gasteiger partial charge in [-0.3, -0.25) is 14.6 Å². The number of ketones is 1. The zero-order chi connectivity index (χ0) is 24.4. The fourth-order valence-corrected chi connectivity index (χ4v) is 4.11. The summed E-state index contributed by atoms with van der Waals surface area (Å²) in [6, 6.07) is 14.2. The SMILES string of the molecule is COc1ccc(C(O)=C2C(=O)C(=O)N(Cc3ccncc3)[C@H]2c2ccc(C(C)C)cc2)cc1F. The Hall–Kier alpha value is -4.00. The molecule has 0 bridgehead atoms. The molecular formula is C27H25FN2O4. The van der Waals surface area contributed by atoms with Gasteiger partial charge in [0.25, 0.3) is 11.7 Å². The van der Waals surface area contributed by atoms with Crippen molar-refractivity contribution in [2.45, 2.75) is 32.4 Å². The molecule has 1 amide bonds. The maximum absolute atomic E-state index is 14.3. The number of amides is 1. The van der Waals surface area contributed by atoms with E-state index in [4.69, 9.17) is 4.74 Å². The maximum atomic E-state index is 14.3.